The number of carboxylic acid groups (broad SMARTS) is 1. The Labute approximate surface area is 179 Å². The van der Waals surface area contributed by atoms with Gasteiger partial charge in [0.1, 0.15) is 17.3 Å². The van der Waals surface area contributed by atoms with Crippen molar-refractivity contribution in [2.24, 2.45) is 5.10 Å². The second kappa shape index (κ2) is 9.40. The molecular weight excluding hydrogens is 464 g/mol. The van der Waals surface area contributed by atoms with Crippen molar-refractivity contribution in [3.8, 4) is 17.1 Å². The highest BCUT2D eigenvalue weighted by molar-refractivity contribution is 9.10. The second-order valence-corrected chi connectivity index (χ2v) is 7.04. The van der Waals surface area contributed by atoms with E-state index >= 15 is 0 Å². The molecular formula is C20H14BrClN2O5. The van der Waals surface area contributed by atoms with Crippen LogP contribution in [0.25, 0.3) is 11.3 Å². The van der Waals surface area contributed by atoms with Crippen LogP contribution >= 0.6 is 27.5 Å². The van der Waals surface area contributed by atoms with Gasteiger partial charge in [-0.3, -0.25) is 4.79 Å². The van der Waals surface area contributed by atoms with E-state index in [2.05, 4.69) is 26.5 Å². The van der Waals surface area contributed by atoms with Crippen molar-refractivity contribution >= 4 is 45.6 Å². The zero-order valence-corrected chi connectivity index (χ0v) is 17.1. The molecule has 1 aromatic heterocycles. The maximum atomic E-state index is 11.8. The normalized spacial score (nSPS) is 10.8. The van der Waals surface area contributed by atoms with Crippen molar-refractivity contribution in [3.05, 3.63) is 75.4 Å². The van der Waals surface area contributed by atoms with Crippen LogP contribution in [0.15, 0.2) is 68.6 Å². The SMILES string of the molecule is O=C(COc1ccc(Cl)cc1Br)N/N=C/c1ccc(-c2cccc(C(=O)O)c2)o1. The maximum absolute atomic E-state index is 11.8. The van der Waals surface area contributed by atoms with E-state index in [-0.39, 0.29) is 12.2 Å². The van der Waals surface area contributed by atoms with Crippen molar-refractivity contribution in [3.63, 3.8) is 0 Å². The molecule has 0 aliphatic rings. The molecule has 1 amide bonds. The van der Waals surface area contributed by atoms with Gasteiger partial charge in [-0.1, -0.05) is 23.7 Å². The van der Waals surface area contributed by atoms with Gasteiger partial charge in [-0.2, -0.15) is 5.10 Å². The van der Waals surface area contributed by atoms with E-state index in [9.17, 15) is 9.59 Å². The number of ether oxygens (including phenoxy) is 1. The number of carbonyl (C=O) groups excluding carboxylic acids is 1. The topological polar surface area (TPSA) is 101 Å². The summed E-state index contributed by atoms with van der Waals surface area (Å²) in [6, 6.07) is 14.7. The van der Waals surface area contributed by atoms with Gasteiger partial charge in [-0.15, -0.1) is 0 Å². The highest BCUT2D eigenvalue weighted by atomic mass is 79.9. The lowest BCUT2D eigenvalue weighted by Gasteiger charge is -2.07. The fourth-order valence-corrected chi connectivity index (χ4v) is 3.12. The number of hydrazone groups is 1. The molecule has 148 valence electrons. The number of carboxylic acids is 1. The van der Waals surface area contributed by atoms with Crippen LogP contribution in [-0.4, -0.2) is 29.8 Å². The largest absolute Gasteiger partial charge is 0.483 e. The first-order chi connectivity index (χ1) is 13.9. The highest BCUT2D eigenvalue weighted by Crippen LogP contribution is 2.27. The Kier molecular flexibility index (Phi) is 6.69. The van der Waals surface area contributed by atoms with Crippen molar-refractivity contribution in [1.29, 1.82) is 0 Å². The number of furan rings is 1. The predicted molar refractivity (Wildman–Crippen MR) is 111 cm³/mol. The molecule has 3 aromatic rings. The van der Waals surface area contributed by atoms with E-state index in [4.69, 9.17) is 25.9 Å². The lowest BCUT2D eigenvalue weighted by atomic mass is 10.1. The monoisotopic (exact) mass is 476 g/mol. The molecule has 2 aromatic carbocycles. The Bertz CT molecular complexity index is 1080. The minimum Gasteiger partial charge on any atom is -0.483 e. The zero-order valence-electron chi connectivity index (χ0n) is 14.8. The van der Waals surface area contributed by atoms with Crippen LogP contribution in [0, 0.1) is 0 Å². The third kappa shape index (κ3) is 5.69. The Balaban J connectivity index is 1.55. The molecule has 29 heavy (non-hydrogen) atoms. The summed E-state index contributed by atoms with van der Waals surface area (Å²) in [7, 11) is 0. The van der Waals surface area contributed by atoms with Crippen LogP contribution in [0.2, 0.25) is 5.02 Å². The summed E-state index contributed by atoms with van der Waals surface area (Å²) in [5.74, 6) is -0.119. The van der Waals surface area contributed by atoms with E-state index < -0.39 is 11.9 Å². The molecule has 0 atom stereocenters. The first-order valence-corrected chi connectivity index (χ1v) is 9.43. The zero-order chi connectivity index (χ0) is 20.8. The lowest BCUT2D eigenvalue weighted by Crippen LogP contribution is -2.24. The van der Waals surface area contributed by atoms with Crippen LogP contribution in [0.5, 0.6) is 5.75 Å². The molecule has 7 nitrogen and oxygen atoms in total. The smallest absolute Gasteiger partial charge is 0.335 e. The van der Waals surface area contributed by atoms with Crippen molar-refractivity contribution in [1.82, 2.24) is 5.43 Å². The number of nitrogens with zero attached hydrogens (tertiary/aromatic N) is 1. The van der Waals surface area contributed by atoms with Gasteiger partial charge < -0.3 is 14.3 Å². The van der Waals surface area contributed by atoms with Gasteiger partial charge in [-0.25, -0.2) is 10.2 Å². The average molecular weight is 478 g/mol. The molecule has 0 saturated heterocycles. The molecule has 9 heteroatoms. The minimum atomic E-state index is -1.02. The van der Waals surface area contributed by atoms with Gasteiger partial charge in [0.05, 0.1) is 16.3 Å². The Morgan fingerprint density at radius 2 is 2.03 bits per heavy atom. The summed E-state index contributed by atoms with van der Waals surface area (Å²) in [5, 5.41) is 13.4. The fraction of sp³-hybridized carbons (Fsp3) is 0.0500. The summed E-state index contributed by atoms with van der Waals surface area (Å²) in [6.07, 6.45) is 1.33. The number of nitrogens with one attached hydrogen (secondary N) is 1. The molecule has 0 unspecified atom stereocenters. The number of hydrogen-bond donors (Lipinski definition) is 2. The first kappa shape index (κ1) is 20.6. The number of carbonyl (C=O) groups is 2. The van der Waals surface area contributed by atoms with Crippen molar-refractivity contribution < 1.29 is 23.8 Å². The fourth-order valence-electron chi connectivity index (χ4n) is 2.32. The summed E-state index contributed by atoms with van der Waals surface area (Å²) >= 11 is 9.15. The van der Waals surface area contributed by atoms with Crippen molar-refractivity contribution in [2.45, 2.75) is 0 Å². The summed E-state index contributed by atoms with van der Waals surface area (Å²) in [4.78, 5) is 22.9. The number of halogens is 2. The lowest BCUT2D eigenvalue weighted by molar-refractivity contribution is -0.123. The molecule has 1 heterocycles. The van der Waals surface area contributed by atoms with Crippen LogP contribution in [-0.2, 0) is 4.79 Å². The summed E-state index contributed by atoms with van der Waals surface area (Å²) in [6.45, 7) is -0.233. The van der Waals surface area contributed by atoms with Crippen LogP contribution in [0.3, 0.4) is 0 Å². The number of aromatic carboxylic acids is 1. The Morgan fingerprint density at radius 3 is 2.79 bits per heavy atom. The van der Waals surface area contributed by atoms with Gasteiger partial charge >= 0.3 is 5.97 Å². The van der Waals surface area contributed by atoms with E-state index in [1.54, 1.807) is 42.5 Å². The standard InChI is InChI=1S/C20H14BrClN2O5/c21-16-9-14(22)4-6-18(16)28-11-19(25)24-23-10-15-5-7-17(29-15)12-2-1-3-13(8-12)20(26)27/h1-10H,11H2,(H,24,25)(H,26,27)/b23-10+. The first-order valence-electron chi connectivity index (χ1n) is 8.25. The number of amides is 1. The number of rotatable bonds is 7. The minimum absolute atomic E-state index is 0.161. The molecule has 0 bridgehead atoms. The van der Waals surface area contributed by atoms with Gasteiger partial charge in [0.25, 0.3) is 5.91 Å². The third-order valence-electron chi connectivity index (χ3n) is 3.65. The molecule has 0 fully saturated rings. The van der Waals surface area contributed by atoms with Crippen LogP contribution < -0.4 is 10.2 Å². The van der Waals surface area contributed by atoms with E-state index in [0.717, 1.165) is 0 Å². The molecule has 0 aliphatic heterocycles. The van der Waals surface area contributed by atoms with Gasteiger partial charge in [-0.05, 0) is 58.4 Å². The molecule has 2 N–H and O–H groups in total. The van der Waals surface area contributed by atoms with Gasteiger partial charge in [0, 0.05) is 10.6 Å². The van der Waals surface area contributed by atoms with Crippen LogP contribution in [0.4, 0.5) is 0 Å². The summed E-state index contributed by atoms with van der Waals surface area (Å²) < 4.78 is 11.6. The number of hydrogen-bond acceptors (Lipinski definition) is 5. The van der Waals surface area contributed by atoms with E-state index in [1.165, 1.54) is 18.3 Å². The highest BCUT2D eigenvalue weighted by Gasteiger charge is 2.08. The van der Waals surface area contributed by atoms with Crippen molar-refractivity contribution in [2.75, 3.05) is 6.61 Å². The molecule has 0 radical (unpaired) electrons. The second-order valence-electron chi connectivity index (χ2n) is 5.74. The Hall–Kier alpha value is -3.10. The third-order valence-corrected chi connectivity index (χ3v) is 4.51. The Morgan fingerprint density at radius 1 is 1.21 bits per heavy atom. The number of benzene rings is 2. The average Bonchev–Trinajstić information content (AvgIpc) is 3.16. The molecule has 0 spiro atoms. The van der Waals surface area contributed by atoms with E-state index in [1.807, 2.05) is 0 Å². The van der Waals surface area contributed by atoms with Gasteiger partial charge in [0.15, 0.2) is 6.61 Å². The summed E-state index contributed by atoms with van der Waals surface area (Å²) in [5.41, 5.74) is 3.11. The quantitative estimate of drug-likeness (QED) is 0.383. The molecule has 0 aliphatic carbocycles. The maximum Gasteiger partial charge on any atom is 0.335 e. The van der Waals surface area contributed by atoms with E-state index in [0.29, 0.717) is 32.3 Å². The molecule has 3 rings (SSSR count). The molecule has 0 saturated carbocycles. The predicted octanol–water partition coefficient (Wildman–Crippen LogP) is 4.59. The van der Waals surface area contributed by atoms with Gasteiger partial charge in [0.2, 0.25) is 0 Å². The van der Waals surface area contributed by atoms with Crippen LogP contribution in [0.1, 0.15) is 16.1 Å².